The molecule has 19 heavy (non-hydrogen) atoms. The molecule has 2 heterocycles. The lowest BCUT2D eigenvalue weighted by atomic mass is 10.1. The third kappa shape index (κ3) is 2.00. The van der Waals surface area contributed by atoms with Crippen LogP contribution < -0.4 is 10.6 Å². The first-order valence-electron chi connectivity index (χ1n) is 6.13. The van der Waals surface area contributed by atoms with E-state index in [1.165, 1.54) is 5.56 Å². The van der Waals surface area contributed by atoms with Crippen LogP contribution in [0, 0.1) is 0 Å². The van der Waals surface area contributed by atoms with Gasteiger partial charge in [-0.1, -0.05) is 17.3 Å². The van der Waals surface area contributed by atoms with Crippen molar-refractivity contribution < 1.29 is 9.32 Å². The first kappa shape index (κ1) is 11.9. The van der Waals surface area contributed by atoms with Crippen LogP contribution in [0.1, 0.15) is 18.4 Å². The minimum Gasteiger partial charge on any atom is -0.338 e. The summed E-state index contributed by atoms with van der Waals surface area (Å²) in [6.07, 6.45) is 0.884. The maximum Gasteiger partial charge on any atom is 0.240 e. The van der Waals surface area contributed by atoms with Gasteiger partial charge in [-0.25, -0.2) is 0 Å². The van der Waals surface area contributed by atoms with Crippen LogP contribution in [0.15, 0.2) is 22.7 Å². The largest absolute Gasteiger partial charge is 0.338 e. The van der Waals surface area contributed by atoms with Crippen LogP contribution in [0.2, 0.25) is 0 Å². The number of aromatic nitrogens is 2. The molecule has 6 heteroatoms. The molecule has 0 saturated carbocycles. The molecule has 1 amide bonds. The Labute approximate surface area is 110 Å². The van der Waals surface area contributed by atoms with Crippen molar-refractivity contribution in [2.45, 2.75) is 19.9 Å². The van der Waals surface area contributed by atoms with Crippen molar-refractivity contribution >= 4 is 11.6 Å². The molecule has 0 unspecified atom stereocenters. The number of rotatable bonds is 2. The molecule has 0 bridgehead atoms. The third-order valence-corrected chi connectivity index (χ3v) is 3.26. The van der Waals surface area contributed by atoms with E-state index in [1.54, 1.807) is 11.8 Å². The average molecular weight is 258 g/mol. The van der Waals surface area contributed by atoms with Gasteiger partial charge in [0.1, 0.15) is 0 Å². The Morgan fingerprint density at radius 2 is 2.37 bits per heavy atom. The number of nitrogens with two attached hydrogens (primary N) is 1. The fourth-order valence-corrected chi connectivity index (χ4v) is 2.30. The first-order chi connectivity index (χ1) is 9.19. The topological polar surface area (TPSA) is 85.2 Å². The highest BCUT2D eigenvalue weighted by molar-refractivity contribution is 5.94. The predicted molar refractivity (Wildman–Crippen MR) is 69.4 cm³/mol. The Bertz CT molecular complexity index is 635. The highest BCUT2D eigenvalue weighted by Crippen LogP contribution is 2.31. The van der Waals surface area contributed by atoms with E-state index in [-0.39, 0.29) is 12.5 Å². The lowest BCUT2D eigenvalue weighted by Gasteiger charge is -2.14. The SMILES string of the molecule is CC(=O)N1CCc2ccc(-c3noc(CN)n3)cc21. The zero-order chi connectivity index (χ0) is 13.4. The molecule has 2 aromatic rings. The normalized spacial score (nSPS) is 13.7. The van der Waals surface area contributed by atoms with Gasteiger partial charge in [-0.15, -0.1) is 0 Å². The van der Waals surface area contributed by atoms with Gasteiger partial charge in [0.25, 0.3) is 0 Å². The fourth-order valence-electron chi connectivity index (χ4n) is 2.30. The van der Waals surface area contributed by atoms with Crippen LogP contribution >= 0.6 is 0 Å². The minimum absolute atomic E-state index is 0.0478. The highest BCUT2D eigenvalue weighted by Gasteiger charge is 2.23. The number of amides is 1. The maximum atomic E-state index is 11.6. The van der Waals surface area contributed by atoms with Crippen molar-refractivity contribution in [2.24, 2.45) is 5.73 Å². The number of anilines is 1. The van der Waals surface area contributed by atoms with Gasteiger partial charge in [0.05, 0.1) is 6.54 Å². The van der Waals surface area contributed by atoms with E-state index in [0.717, 1.165) is 24.2 Å². The van der Waals surface area contributed by atoms with Crippen molar-refractivity contribution in [3.63, 3.8) is 0 Å². The molecular weight excluding hydrogens is 244 g/mol. The van der Waals surface area contributed by atoms with Crippen LogP contribution in [0.5, 0.6) is 0 Å². The average Bonchev–Trinajstić information content (AvgIpc) is 3.04. The summed E-state index contributed by atoms with van der Waals surface area (Å²) < 4.78 is 5.00. The molecule has 3 rings (SSSR count). The first-order valence-corrected chi connectivity index (χ1v) is 6.13. The molecule has 1 aliphatic rings. The minimum atomic E-state index is 0.0478. The molecule has 6 nitrogen and oxygen atoms in total. The summed E-state index contributed by atoms with van der Waals surface area (Å²) in [7, 11) is 0. The second kappa shape index (κ2) is 4.47. The van der Waals surface area contributed by atoms with Gasteiger partial charge in [-0.2, -0.15) is 4.98 Å². The summed E-state index contributed by atoms with van der Waals surface area (Å²) in [5.74, 6) is 0.948. The quantitative estimate of drug-likeness (QED) is 0.872. The van der Waals surface area contributed by atoms with Crippen molar-refractivity contribution in [1.82, 2.24) is 10.1 Å². The standard InChI is InChI=1S/C13H14N4O2/c1-8(18)17-5-4-9-2-3-10(6-11(9)17)13-15-12(7-14)19-16-13/h2-3,6H,4-5,7,14H2,1H3. The smallest absolute Gasteiger partial charge is 0.240 e. The van der Waals surface area contributed by atoms with E-state index < -0.39 is 0 Å². The van der Waals surface area contributed by atoms with E-state index in [2.05, 4.69) is 10.1 Å². The van der Waals surface area contributed by atoms with Crippen LogP contribution in [-0.4, -0.2) is 22.6 Å². The van der Waals surface area contributed by atoms with E-state index in [4.69, 9.17) is 10.3 Å². The van der Waals surface area contributed by atoms with Crippen LogP contribution in [-0.2, 0) is 17.8 Å². The molecule has 0 atom stereocenters. The van der Waals surface area contributed by atoms with Gasteiger partial charge < -0.3 is 15.2 Å². The summed E-state index contributed by atoms with van der Waals surface area (Å²) in [6, 6.07) is 5.87. The Morgan fingerprint density at radius 1 is 1.53 bits per heavy atom. The summed E-state index contributed by atoms with van der Waals surface area (Å²) >= 11 is 0. The molecule has 1 aliphatic heterocycles. The lowest BCUT2D eigenvalue weighted by molar-refractivity contribution is -0.116. The third-order valence-electron chi connectivity index (χ3n) is 3.26. The molecule has 0 saturated heterocycles. The molecule has 1 aromatic carbocycles. The molecule has 0 aliphatic carbocycles. The van der Waals surface area contributed by atoms with Gasteiger partial charge in [-0.05, 0) is 18.1 Å². The van der Waals surface area contributed by atoms with Crippen molar-refractivity contribution in [3.05, 3.63) is 29.7 Å². The zero-order valence-electron chi connectivity index (χ0n) is 10.6. The lowest BCUT2D eigenvalue weighted by Crippen LogP contribution is -2.25. The Hall–Kier alpha value is -2.21. The van der Waals surface area contributed by atoms with E-state index in [0.29, 0.717) is 11.7 Å². The molecular formula is C13H14N4O2. The fraction of sp³-hybridized carbons (Fsp3) is 0.308. The molecule has 2 N–H and O–H groups in total. The van der Waals surface area contributed by atoms with Crippen molar-refractivity contribution in [2.75, 3.05) is 11.4 Å². The zero-order valence-corrected chi connectivity index (χ0v) is 10.6. The monoisotopic (exact) mass is 258 g/mol. The van der Waals surface area contributed by atoms with Gasteiger partial charge >= 0.3 is 0 Å². The number of nitrogens with zero attached hydrogens (tertiary/aromatic N) is 3. The number of carbonyl (C=O) groups excluding carboxylic acids is 1. The summed E-state index contributed by atoms with van der Waals surface area (Å²) in [5.41, 5.74) is 8.38. The second-order valence-electron chi connectivity index (χ2n) is 4.48. The number of benzene rings is 1. The van der Waals surface area contributed by atoms with E-state index in [9.17, 15) is 4.79 Å². The summed E-state index contributed by atoms with van der Waals surface area (Å²) in [6.45, 7) is 2.52. The number of hydrogen-bond donors (Lipinski definition) is 1. The Kier molecular flexibility index (Phi) is 2.79. The van der Waals surface area contributed by atoms with Gasteiger partial charge in [0.15, 0.2) is 0 Å². The predicted octanol–water partition coefficient (Wildman–Crippen LogP) is 1.10. The number of fused-ring (bicyclic) bond motifs is 1. The molecule has 0 radical (unpaired) electrons. The molecule has 0 spiro atoms. The van der Waals surface area contributed by atoms with Gasteiger partial charge in [0, 0.05) is 24.7 Å². The second-order valence-corrected chi connectivity index (χ2v) is 4.48. The van der Waals surface area contributed by atoms with E-state index >= 15 is 0 Å². The van der Waals surface area contributed by atoms with Gasteiger partial charge in [0.2, 0.25) is 17.6 Å². The summed E-state index contributed by atoms with van der Waals surface area (Å²) in [4.78, 5) is 17.5. The number of hydrogen-bond acceptors (Lipinski definition) is 5. The molecule has 0 fully saturated rings. The van der Waals surface area contributed by atoms with Crippen LogP contribution in [0.4, 0.5) is 5.69 Å². The van der Waals surface area contributed by atoms with Crippen LogP contribution in [0.25, 0.3) is 11.4 Å². The van der Waals surface area contributed by atoms with Crippen molar-refractivity contribution in [3.8, 4) is 11.4 Å². The Balaban J connectivity index is 2.01. The van der Waals surface area contributed by atoms with Gasteiger partial charge in [-0.3, -0.25) is 4.79 Å². The highest BCUT2D eigenvalue weighted by atomic mass is 16.5. The Morgan fingerprint density at radius 3 is 3.05 bits per heavy atom. The summed E-state index contributed by atoms with van der Waals surface area (Å²) in [5, 5.41) is 3.88. The van der Waals surface area contributed by atoms with E-state index in [1.807, 2.05) is 18.2 Å². The number of carbonyl (C=O) groups is 1. The van der Waals surface area contributed by atoms with Crippen LogP contribution in [0.3, 0.4) is 0 Å². The maximum absolute atomic E-state index is 11.6. The molecule has 1 aromatic heterocycles. The molecule has 98 valence electrons. The van der Waals surface area contributed by atoms with Crippen molar-refractivity contribution in [1.29, 1.82) is 0 Å².